The van der Waals surface area contributed by atoms with Gasteiger partial charge in [-0.05, 0) is 18.5 Å². The van der Waals surface area contributed by atoms with Crippen molar-refractivity contribution in [1.82, 2.24) is 9.78 Å². The van der Waals surface area contributed by atoms with Gasteiger partial charge in [-0.2, -0.15) is 5.10 Å². The van der Waals surface area contributed by atoms with Crippen molar-refractivity contribution in [2.24, 2.45) is 0 Å². The molecule has 0 spiro atoms. The van der Waals surface area contributed by atoms with E-state index in [0.717, 1.165) is 0 Å². The van der Waals surface area contributed by atoms with Crippen LogP contribution in [0.15, 0.2) is 18.9 Å². The van der Waals surface area contributed by atoms with E-state index in [2.05, 4.69) is 11.7 Å². The third kappa shape index (κ3) is 1.74. The third-order valence-electron chi connectivity index (χ3n) is 1.47. The highest BCUT2D eigenvalue weighted by Gasteiger charge is 2.09. The molecule has 0 unspecified atom stereocenters. The van der Waals surface area contributed by atoms with E-state index in [1.165, 1.54) is 0 Å². The Morgan fingerprint density at radius 3 is 3.00 bits per heavy atom. The van der Waals surface area contributed by atoms with Crippen LogP contribution in [0.3, 0.4) is 0 Å². The molecule has 1 aromatic rings. The fourth-order valence-corrected chi connectivity index (χ4v) is 1.12. The molecule has 0 aliphatic rings. The molecule has 0 aromatic carbocycles. The summed E-state index contributed by atoms with van der Waals surface area (Å²) in [6.45, 7) is 5.89. The number of aromatic nitrogens is 2. The van der Waals surface area contributed by atoms with E-state index in [-0.39, 0.29) is 0 Å². The van der Waals surface area contributed by atoms with Gasteiger partial charge in [0.1, 0.15) is 0 Å². The van der Waals surface area contributed by atoms with E-state index in [1.54, 1.807) is 23.9 Å². The number of carbonyl (C=O) groups excluding carboxylic acids is 1. The Hall–Kier alpha value is -1.09. The third-order valence-corrected chi connectivity index (χ3v) is 1.68. The van der Waals surface area contributed by atoms with Crippen molar-refractivity contribution in [2.45, 2.75) is 13.5 Å². The molecule has 0 amide bonds. The largest absolute Gasteiger partial charge is 0.275 e. The first-order chi connectivity index (χ1) is 5.65. The zero-order valence-corrected chi connectivity index (χ0v) is 7.51. The predicted octanol–water partition coefficient (Wildman–Crippen LogP) is 1.76. The zero-order valence-electron chi connectivity index (χ0n) is 6.75. The van der Waals surface area contributed by atoms with Crippen LogP contribution in [0.5, 0.6) is 0 Å². The summed E-state index contributed by atoms with van der Waals surface area (Å²) in [4.78, 5) is 10.8. The second-order valence-corrected chi connectivity index (χ2v) is 2.76. The molecule has 4 heteroatoms. The van der Waals surface area contributed by atoms with Gasteiger partial charge in [-0.3, -0.25) is 9.48 Å². The van der Waals surface area contributed by atoms with E-state index >= 15 is 0 Å². The van der Waals surface area contributed by atoms with Gasteiger partial charge in [0.25, 0.3) is 5.24 Å². The molecule has 0 aliphatic carbocycles. The summed E-state index contributed by atoms with van der Waals surface area (Å²) in [7, 11) is 0. The number of hydrogen-bond acceptors (Lipinski definition) is 2. The predicted molar refractivity (Wildman–Crippen MR) is 47.3 cm³/mol. The molecular weight excluding hydrogens is 176 g/mol. The SMILES string of the molecule is C=CCn1cc(C(=O)Cl)c(C)n1. The molecule has 3 nitrogen and oxygen atoms in total. The van der Waals surface area contributed by atoms with Crippen LogP contribution >= 0.6 is 11.6 Å². The van der Waals surface area contributed by atoms with Crippen molar-refractivity contribution < 1.29 is 4.79 Å². The van der Waals surface area contributed by atoms with Crippen LogP contribution in [-0.2, 0) is 6.54 Å². The molecule has 1 aromatic heterocycles. The van der Waals surface area contributed by atoms with Gasteiger partial charge in [0, 0.05) is 6.20 Å². The fraction of sp³-hybridized carbons (Fsp3) is 0.250. The van der Waals surface area contributed by atoms with E-state index < -0.39 is 5.24 Å². The summed E-state index contributed by atoms with van der Waals surface area (Å²) >= 11 is 5.30. The van der Waals surface area contributed by atoms with Crippen LogP contribution in [0.2, 0.25) is 0 Å². The van der Waals surface area contributed by atoms with Crippen LogP contribution in [-0.4, -0.2) is 15.0 Å². The van der Waals surface area contributed by atoms with Crippen molar-refractivity contribution >= 4 is 16.8 Å². The summed E-state index contributed by atoms with van der Waals surface area (Å²) in [6, 6.07) is 0. The first kappa shape index (κ1) is 9.00. The average Bonchev–Trinajstić information content (AvgIpc) is 2.32. The fourth-order valence-electron chi connectivity index (χ4n) is 0.937. The molecule has 0 saturated carbocycles. The average molecular weight is 185 g/mol. The second kappa shape index (κ2) is 3.54. The summed E-state index contributed by atoms with van der Waals surface area (Å²) in [6.07, 6.45) is 3.32. The lowest BCUT2D eigenvalue weighted by Gasteiger charge is -1.90. The molecule has 0 bridgehead atoms. The van der Waals surface area contributed by atoms with Crippen LogP contribution in [0.1, 0.15) is 16.1 Å². The molecule has 64 valence electrons. The van der Waals surface area contributed by atoms with Crippen molar-refractivity contribution in [3.63, 3.8) is 0 Å². The van der Waals surface area contributed by atoms with E-state index in [1.807, 2.05) is 0 Å². The highest BCUT2D eigenvalue weighted by Crippen LogP contribution is 2.08. The summed E-state index contributed by atoms with van der Waals surface area (Å²) < 4.78 is 1.62. The summed E-state index contributed by atoms with van der Waals surface area (Å²) in [5, 5.41) is 3.59. The van der Waals surface area contributed by atoms with Crippen LogP contribution in [0, 0.1) is 6.92 Å². The van der Waals surface area contributed by atoms with E-state index in [9.17, 15) is 4.79 Å². The zero-order chi connectivity index (χ0) is 9.14. The normalized spacial score (nSPS) is 9.83. The molecule has 1 heterocycles. The van der Waals surface area contributed by atoms with E-state index in [0.29, 0.717) is 17.8 Å². The lowest BCUT2D eigenvalue weighted by atomic mass is 10.3. The molecule has 0 radical (unpaired) electrons. The van der Waals surface area contributed by atoms with E-state index in [4.69, 9.17) is 11.6 Å². The molecule has 0 N–H and O–H groups in total. The minimum Gasteiger partial charge on any atom is -0.275 e. The van der Waals surface area contributed by atoms with Crippen LogP contribution < -0.4 is 0 Å². The first-order valence-corrected chi connectivity index (χ1v) is 3.87. The van der Waals surface area contributed by atoms with Crippen LogP contribution in [0.4, 0.5) is 0 Å². The monoisotopic (exact) mass is 184 g/mol. The highest BCUT2D eigenvalue weighted by molar-refractivity contribution is 6.67. The van der Waals surface area contributed by atoms with Gasteiger partial charge in [-0.1, -0.05) is 6.08 Å². The lowest BCUT2D eigenvalue weighted by Crippen LogP contribution is -1.94. The number of halogens is 1. The van der Waals surface area contributed by atoms with Gasteiger partial charge in [0.2, 0.25) is 0 Å². The lowest BCUT2D eigenvalue weighted by molar-refractivity contribution is 0.108. The Morgan fingerprint density at radius 1 is 1.92 bits per heavy atom. The number of allylic oxidation sites excluding steroid dienone is 1. The maximum absolute atomic E-state index is 10.8. The number of nitrogens with zero attached hydrogens (tertiary/aromatic N) is 2. The summed E-state index contributed by atoms with van der Waals surface area (Å²) in [5.74, 6) is 0. The molecular formula is C8H9ClN2O. The Morgan fingerprint density at radius 2 is 2.58 bits per heavy atom. The van der Waals surface area contributed by atoms with Gasteiger partial charge in [0.15, 0.2) is 0 Å². The molecule has 0 atom stereocenters. The van der Waals surface area contributed by atoms with Gasteiger partial charge >= 0.3 is 0 Å². The molecule has 12 heavy (non-hydrogen) atoms. The summed E-state index contributed by atoms with van der Waals surface area (Å²) in [5.41, 5.74) is 1.11. The molecule has 0 fully saturated rings. The van der Waals surface area contributed by atoms with Crippen LogP contribution in [0.25, 0.3) is 0 Å². The number of hydrogen-bond donors (Lipinski definition) is 0. The Kier molecular flexibility index (Phi) is 2.65. The molecule has 0 saturated heterocycles. The number of aryl methyl sites for hydroxylation is 1. The van der Waals surface area contributed by atoms with Gasteiger partial charge in [0.05, 0.1) is 17.8 Å². The Bertz CT molecular complexity index is 317. The minimum atomic E-state index is -0.470. The van der Waals surface area contributed by atoms with Crippen molar-refractivity contribution in [3.8, 4) is 0 Å². The topological polar surface area (TPSA) is 34.9 Å². The van der Waals surface area contributed by atoms with Gasteiger partial charge in [-0.15, -0.1) is 6.58 Å². The first-order valence-electron chi connectivity index (χ1n) is 3.50. The molecule has 0 aliphatic heterocycles. The maximum Gasteiger partial charge on any atom is 0.255 e. The Balaban J connectivity index is 2.99. The number of carbonyl (C=O) groups is 1. The second-order valence-electron chi connectivity index (χ2n) is 2.41. The van der Waals surface area contributed by atoms with Gasteiger partial charge < -0.3 is 0 Å². The maximum atomic E-state index is 10.8. The Labute approximate surface area is 75.6 Å². The van der Waals surface area contributed by atoms with Gasteiger partial charge in [-0.25, -0.2) is 0 Å². The molecule has 1 rings (SSSR count). The standard InChI is InChI=1S/C8H9ClN2O/c1-3-4-11-5-7(8(9)12)6(2)10-11/h3,5H,1,4H2,2H3. The quantitative estimate of drug-likeness (QED) is 0.530. The van der Waals surface area contributed by atoms with Crippen molar-refractivity contribution in [1.29, 1.82) is 0 Å². The number of rotatable bonds is 3. The minimum absolute atomic E-state index is 0.457. The van der Waals surface area contributed by atoms with Crippen molar-refractivity contribution in [2.75, 3.05) is 0 Å². The highest BCUT2D eigenvalue weighted by atomic mass is 35.5. The van der Waals surface area contributed by atoms with Crippen molar-refractivity contribution in [3.05, 3.63) is 30.1 Å². The smallest absolute Gasteiger partial charge is 0.255 e.